The first-order valence-electron chi connectivity index (χ1n) is 10.2. The van der Waals surface area contributed by atoms with Crippen molar-refractivity contribution in [3.05, 3.63) is 77.5 Å². The number of benzene rings is 2. The van der Waals surface area contributed by atoms with Crippen molar-refractivity contribution in [2.75, 3.05) is 24.3 Å². The van der Waals surface area contributed by atoms with Gasteiger partial charge in [0.2, 0.25) is 0 Å². The minimum atomic E-state index is -4.49. The number of aromatic nitrogens is 2. The predicted molar refractivity (Wildman–Crippen MR) is 117 cm³/mol. The molecule has 168 valence electrons. The number of carbonyl (C=O) groups excluding carboxylic acids is 1. The van der Waals surface area contributed by atoms with Gasteiger partial charge in [-0.2, -0.15) is 18.3 Å². The van der Waals surface area contributed by atoms with Gasteiger partial charge >= 0.3 is 6.18 Å². The molecule has 2 aromatic carbocycles. The van der Waals surface area contributed by atoms with Crippen molar-refractivity contribution < 1.29 is 18.0 Å². The second-order valence-electron chi connectivity index (χ2n) is 8.00. The molecule has 6 nitrogen and oxygen atoms in total. The Hall–Kier alpha value is -3.49. The smallest absolute Gasteiger partial charge is 0.378 e. The van der Waals surface area contributed by atoms with Crippen LogP contribution in [0, 0.1) is 0 Å². The average molecular weight is 443 g/mol. The molecule has 2 atom stereocenters. The van der Waals surface area contributed by atoms with E-state index in [2.05, 4.69) is 15.7 Å². The lowest BCUT2D eigenvalue weighted by Crippen LogP contribution is -2.36. The normalized spacial score (nSPS) is 17.9. The minimum absolute atomic E-state index is 0.0767. The molecule has 2 heterocycles. The van der Waals surface area contributed by atoms with Crippen LogP contribution in [0.15, 0.2) is 60.8 Å². The van der Waals surface area contributed by atoms with Crippen LogP contribution < -0.4 is 15.5 Å². The van der Waals surface area contributed by atoms with Crippen LogP contribution in [0.1, 0.15) is 40.0 Å². The second kappa shape index (κ2) is 8.57. The second-order valence-corrected chi connectivity index (χ2v) is 8.00. The fourth-order valence-electron chi connectivity index (χ4n) is 3.82. The van der Waals surface area contributed by atoms with E-state index in [4.69, 9.17) is 0 Å². The summed E-state index contributed by atoms with van der Waals surface area (Å²) in [6.07, 6.45) is -3.50. The Labute approximate surface area is 184 Å². The molecule has 9 heteroatoms. The van der Waals surface area contributed by atoms with E-state index < -0.39 is 24.2 Å². The van der Waals surface area contributed by atoms with E-state index in [0.29, 0.717) is 0 Å². The van der Waals surface area contributed by atoms with E-state index in [-0.39, 0.29) is 24.3 Å². The van der Waals surface area contributed by atoms with Crippen LogP contribution in [-0.2, 0) is 6.54 Å². The Balaban J connectivity index is 1.56. The van der Waals surface area contributed by atoms with Gasteiger partial charge in [0.25, 0.3) is 5.91 Å². The highest BCUT2D eigenvalue weighted by molar-refractivity contribution is 5.98. The van der Waals surface area contributed by atoms with E-state index in [9.17, 15) is 18.0 Å². The molecule has 1 aliphatic rings. The highest BCUT2D eigenvalue weighted by Crippen LogP contribution is 2.44. The van der Waals surface area contributed by atoms with E-state index in [1.54, 1.807) is 24.3 Å². The molecular formula is C23H24F3N5O. The highest BCUT2D eigenvalue weighted by Gasteiger charge is 2.47. The van der Waals surface area contributed by atoms with Crippen molar-refractivity contribution in [3.8, 4) is 0 Å². The third-order valence-electron chi connectivity index (χ3n) is 5.59. The number of hydrogen-bond acceptors (Lipinski definition) is 4. The zero-order valence-corrected chi connectivity index (χ0v) is 17.7. The standard InChI is InChI=1S/C23H24F3N5O/c1-30(2)17-10-8-15(9-11-17)13-27-22(32)18-14-28-31-20(23(24,25)26)12-19(29-21(18)31)16-6-4-3-5-7-16/h3-11,14,19-20,29H,12-13H2,1-2H3,(H,27,32)/t19-,20+/m1/s1. The number of hydrogen-bond donors (Lipinski definition) is 2. The first-order chi connectivity index (χ1) is 15.2. The van der Waals surface area contributed by atoms with Crippen LogP contribution in [0.5, 0.6) is 0 Å². The Kier molecular flexibility index (Phi) is 5.82. The molecule has 1 amide bonds. The SMILES string of the molecule is CN(C)c1ccc(CNC(=O)c2cnn3c2N[C@@H](c2ccccc2)C[C@H]3C(F)(F)F)cc1. The lowest BCUT2D eigenvalue weighted by atomic mass is 9.96. The summed E-state index contributed by atoms with van der Waals surface area (Å²) >= 11 is 0. The molecule has 1 aromatic heterocycles. The van der Waals surface area contributed by atoms with Crippen molar-refractivity contribution >= 4 is 17.4 Å². The number of nitrogens with one attached hydrogen (secondary N) is 2. The summed E-state index contributed by atoms with van der Waals surface area (Å²) in [7, 11) is 3.87. The lowest BCUT2D eigenvalue weighted by Gasteiger charge is -2.34. The molecule has 4 rings (SSSR count). The van der Waals surface area contributed by atoms with Crippen molar-refractivity contribution in [2.45, 2.75) is 31.2 Å². The van der Waals surface area contributed by atoms with Crippen LogP contribution >= 0.6 is 0 Å². The molecule has 0 saturated heterocycles. The monoisotopic (exact) mass is 443 g/mol. The third kappa shape index (κ3) is 4.42. The van der Waals surface area contributed by atoms with E-state index in [1.807, 2.05) is 49.3 Å². The molecule has 0 unspecified atom stereocenters. The van der Waals surface area contributed by atoms with E-state index in [0.717, 1.165) is 21.5 Å². The number of amides is 1. The third-order valence-corrected chi connectivity index (χ3v) is 5.59. The van der Waals surface area contributed by atoms with Gasteiger partial charge in [0.15, 0.2) is 6.04 Å². The van der Waals surface area contributed by atoms with Gasteiger partial charge in [-0.3, -0.25) is 4.79 Å². The van der Waals surface area contributed by atoms with Gasteiger partial charge in [-0.15, -0.1) is 0 Å². The number of nitrogens with zero attached hydrogens (tertiary/aromatic N) is 3. The summed E-state index contributed by atoms with van der Waals surface area (Å²) < 4.78 is 42.2. The number of carbonyl (C=O) groups is 1. The first-order valence-corrected chi connectivity index (χ1v) is 10.2. The molecule has 32 heavy (non-hydrogen) atoms. The number of halogens is 3. The number of alkyl halides is 3. The predicted octanol–water partition coefficient (Wildman–Crippen LogP) is 4.54. The van der Waals surface area contributed by atoms with Crippen LogP contribution in [0.4, 0.5) is 24.7 Å². The fourth-order valence-corrected chi connectivity index (χ4v) is 3.82. The molecule has 0 bridgehead atoms. The molecule has 0 fully saturated rings. The zero-order valence-electron chi connectivity index (χ0n) is 17.7. The Morgan fingerprint density at radius 1 is 1.16 bits per heavy atom. The summed E-state index contributed by atoms with van der Waals surface area (Å²) in [6.45, 7) is 0.252. The van der Waals surface area contributed by atoms with Crippen LogP contribution in [0.25, 0.3) is 0 Å². The van der Waals surface area contributed by atoms with Gasteiger partial charge in [-0.05, 0) is 23.3 Å². The van der Waals surface area contributed by atoms with Crippen molar-refractivity contribution in [2.24, 2.45) is 0 Å². The van der Waals surface area contributed by atoms with Crippen LogP contribution in [0.2, 0.25) is 0 Å². The van der Waals surface area contributed by atoms with Crippen molar-refractivity contribution in [1.82, 2.24) is 15.1 Å². The molecular weight excluding hydrogens is 419 g/mol. The van der Waals surface area contributed by atoms with Crippen molar-refractivity contribution in [1.29, 1.82) is 0 Å². The Morgan fingerprint density at radius 3 is 2.47 bits per heavy atom. The van der Waals surface area contributed by atoms with Crippen molar-refractivity contribution in [3.63, 3.8) is 0 Å². The van der Waals surface area contributed by atoms with Gasteiger partial charge in [-0.25, -0.2) is 4.68 Å². The fraction of sp³-hybridized carbons (Fsp3) is 0.304. The largest absolute Gasteiger partial charge is 0.410 e. The summed E-state index contributed by atoms with van der Waals surface area (Å²) in [5.41, 5.74) is 2.72. The van der Waals surface area contributed by atoms with Gasteiger partial charge in [0.1, 0.15) is 11.4 Å². The van der Waals surface area contributed by atoms with Gasteiger partial charge < -0.3 is 15.5 Å². The maximum absolute atomic E-state index is 13.8. The lowest BCUT2D eigenvalue weighted by molar-refractivity contribution is -0.173. The highest BCUT2D eigenvalue weighted by atomic mass is 19.4. The summed E-state index contributed by atoms with van der Waals surface area (Å²) in [5, 5.41) is 9.79. The average Bonchev–Trinajstić information content (AvgIpc) is 3.21. The van der Waals surface area contributed by atoms with E-state index in [1.165, 1.54) is 6.20 Å². The number of rotatable bonds is 5. The molecule has 0 radical (unpaired) electrons. The van der Waals surface area contributed by atoms with E-state index >= 15 is 0 Å². The Bertz CT molecular complexity index is 1080. The Morgan fingerprint density at radius 2 is 1.84 bits per heavy atom. The van der Waals surface area contributed by atoms with Crippen LogP contribution in [-0.4, -0.2) is 36.0 Å². The quantitative estimate of drug-likeness (QED) is 0.608. The first kappa shape index (κ1) is 21.7. The maximum Gasteiger partial charge on any atom is 0.410 e. The van der Waals surface area contributed by atoms with Gasteiger partial charge in [0, 0.05) is 32.7 Å². The number of anilines is 2. The van der Waals surface area contributed by atoms with Gasteiger partial charge in [-0.1, -0.05) is 42.5 Å². The molecule has 1 aliphatic heterocycles. The molecule has 2 N–H and O–H groups in total. The topological polar surface area (TPSA) is 62.2 Å². The molecule has 3 aromatic rings. The minimum Gasteiger partial charge on any atom is -0.378 e. The van der Waals surface area contributed by atoms with Crippen LogP contribution in [0.3, 0.4) is 0 Å². The summed E-state index contributed by atoms with van der Waals surface area (Å²) in [5.74, 6) is -0.405. The molecule has 0 aliphatic carbocycles. The summed E-state index contributed by atoms with van der Waals surface area (Å²) in [4.78, 5) is 14.8. The molecule has 0 spiro atoms. The molecule has 0 saturated carbocycles. The maximum atomic E-state index is 13.8. The van der Waals surface area contributed by atoms with Gasteiger partial charge in [0.05, 0.1) is 12.2 Å². The zero-order chi connectivity index (χ0) is 22.9. The number of fused-ring (bicyclic) bond motifs is 1. The summed E-state index contributed by atoms with van der Waals surface area (Å²) in [6, 6.07) is 14.2.